The van der Waals surface area contributed by atoms with Gasteiger partial charge in [-0.25, -0.2) is 0 Å². The largest absolute Gasteiger partial charge is 0.388 e. The van der Waals surface area contributed by atoms with E-state index >= 15 is 0 Å². The highest BCUT2D eigenvalue weighted by Crippen LogP contribution is 2.35. The Morgan fingerprint density at radius 1 is 1.50 bits per heavy atom. The zero-order valence-electron chi connectivity index (χ0n) is 8.84. The van der Waals surface area contributed by atoms with Crippen LogP contribution in [0.15, 0.2) is 4.99 Å². The van der Waals surface area contributed by atoms with E-state index < -0.39 is 24.4 Å². The van der Waals surface area contributed by atoms with E-state index in [2.05, 4.69) is 10.3 Å². The SMILES string of the molecule is CCNC1=N[C@@H]2[C@@H](O)[C@H](O)[C@@H](CCl)O[C@@H]2S1. The minimum atomic E-state index is -0.968. The fourth-order valence-corrected chi connectivity index (χ4v) is 3.24. The average molecular weight is 267 g/mol. The number of aliphatic hydroxyl groups excluding tert-OH is 2. The summed E-state index contributed by atoms with van der Waals surface area (Å²) in [5.41, 5.74) is -0.254. The van der Waals surface area contributed by atoms with Gasteiger partial charge in [-0.3, -0.25) is 4.99 Å². The number of hydrogen-bond donors (Lipinski definition) is 3. The second kappa shape index (κ2) is 5.10. The third kappa shape index (κ3) is 2.17. The van der Waals surface area contributed by atoms with Crippen LogP contribution in [-0.2, 0) is 4.74 Å². The highest BCUT2D eigenvalue weighted by Gasteiger charge is 2.47. The molecule has 0 saturated carbocycles. The summed E-state index contributed by atoms with van der Waals surface area (Å²) < 4.78 is 5.59. The number of halogens is 1. The van der Waals surface area contributed by atoms with Crippen LogP contribution in [0.1, 0.15) is 6.92 Å². The molecule has 2 aliphatic heterocycles. The van der Waals surface area contributed by atoms with Crippen LogP contribution in [0.3, 0.4) is 0 Å². The smallest absolute Gasteiger partial charge is 0.159 e. The van der Waals surface area contributed by atoms with Crippen LogP contribution in [0, 0.1) is 0 Å². The van der Waals surface area contributed by atoms with Crippen LogP contribution in [-0.4, -0.2) is 57.6 Å². The van der Waals surface area contributed by atoms with Gasteiger partial charge in [0.15, 0.2) is 5.17 Å². The summed E-state index contributed by atoms with van der Waals surface area (Å²) in [5.74, 6) is 0.165. The van der Waals surface area contributed by atoms with Crippen molar-refractivity contribution in [1.29, 1.82) is 0 Å². The molecule has 0 unspecified atom stereocenters. The third-order valence-corrected chi connectivity index (χ3v) is 4.04. The van der Waals surface area contributed by atoms with E-state index in [1.54, 1.807) is 0 Å². The van der Waals surface area contributed by atoms with E-state index in [1.165, 1.54) is 11.8 Å². The first kappa shape index (κ1) is 12.4. The number of ether oxygens (including phenoxy) is 1. The second-order valence-corrected chi connectivity index (χ2v) is 5.15. The lowest BCUT2D eigenvalue weighted by Gasteiger charge is -2.37. The van der Waals surface area contributed by atoms with Gasteiger partial charge in [-0.05, 0) is 6.92 Å². The van der Waals surface area contributed by atoms with E-state index in [0.29, 0.717) is 0 Å². The summed E-state index contributed by atoms with van der Waals surface area (Å²) in [6, 6.07) is -0.409. The van der Waals surface area contributed by atoms with E-state index in [0.717, 1.165) is 11.7 Å². The van der Waals surface area contributed by atoms with Crippen molar-refractivity contribution in [2.75, 3.05) is 12.4 Å². The average Bonchev–Trinajstić information content (AvgIpc) is 2.67. The maximum Gasteiger partial charge on any atom is 0.159 e. The molecule has 16 heavy (non-hydrogen) atoms. The molecule has 0 aliphatic carbocycles. The van der Waals surface area contributed by atoms with Crippen molar-refractivity contribution < 1.29 is 14.9 Å². The van der Waals surface area contributed by atoms with Gasteiger partial charge in [0, 0.05) is 6.54 Å². The van der Waals surface area contributed by atoms with Crippen molar-refractivity contribution in [3.8, 4) is 0 Å². The van der Waals surface area contributed by atoms with Crippen LogP contribution in [0.4, 0.5) is 0 Å². The molecule has 1 saturated heterocycles. The van der Waals surface area contributed by atoms with E-state index in [9.17, 15) is 10.2 Å². The third-order valence-electron chi connectivity index (χ3n) is 2.64. The van der Waals surface area contributed by atoms with Crippen LogP contribution in [0.2, 0.25) is 0 Å². The Bertz CT molecular complexity index is 292. The number of alkyl halides is 1. The van der Waals surface area contributed by atoms with Gasteiger partial charge in [0.05, 0.1) is 5.88 Å². The van der Waals surface area contributed by atoms with Gasteiger partial charge >= 0.3 is 0 Å². The highest BCUT2D eigenvalue weighted by molar-refractivity contribution is 8.14. The number of aliphatic hydroxyl groups is 2. The number of nitrogens with zero attached hydrogens (tertiary/aromatic N) is 1. The van der Waals surface area contributed by atoms with Crippen molar-refractivity contribution in [1.82, 2.24) is 5.32 Å². The zero-order valence-corrected chi connectivity index (χ0v) is 10.4. The molecule has 0 bridgehead atoms. The number of rotatable bonds is 2. The monoisotopic (exact) mass is 266 g/mol. The quantitative estimate of drug-likeness (QED) is 0.601. The predicted molar refractivity (Wildman–Crippen MR) is 63.9 cm³/mol. The van der Waals surface area contributed by atoms with E-state index in [-0.39, 0.29) is 11.3 Å². The Balaban J connectivity index is 2.08. The molecule has 0 aromatic heterocycles. The van der Waals surface area contributed by atoms with Crippen molar-refractivity contribution in [3.63, 3.8) is 0 Å². The molecule has 0 radical (unpaired) electrons. The molecule has 2 aliphatic rings. The summed E-state index contributed by atoms with van der Waals surface area (Å²) in [4.78, 5) is 4.29. The Morgan fingerprint density at radius 3 is 2.88 bits per heavy atom. The number of hydrogen-bond acceptors (Lipinski definition) is 6. The number of fused-ring (bicyclic) bond motifs is 1. The lowest BCUT2D eigenvalue weighted by Crippen LogP contribution is -2.55. The Kier molecular flexibility index (Phi) is 3.97. The molecule has 0 spiro atoms. The molecule has 7 heteroatoms. The van der Waals surface area contributed by atoms with Crippen LogP contribution < -0.4 is 5.32 Å². The van der Waals surface area contributed by atoms with Crippen molar-refractivity contribution >= 4 is 28.5 Å². The van der Waals surface area contributed by atoms with E-state index in [4.69, 9.17) is 16.3 Å². The van der Waals surface area contributed by atoms with Gasteiger partial charge in [0.1, 0.15) is 29.8 Å². The molecule has 5 atom stereocenters. The molecular formula is C9H15ClN2O3S. The Hall–Kier alpha value is -0.0100. The highest BCUT2D eigenvalue weighted by atomic mass is 35.5. The van der Waals surface area contributed by atoms with Crippen LogP contribution >= 0.6 is 23.4 Å². The topological polar surface area (TPSA) is 74.1 Å². The second-order valence-electron chi connectivity index (χ2n) is 3.75. The fraction of sp³-hybridized carbons (Fsp3) is 0.889. The normalized spacial score (nSPS) is 42.8. The van der Waals surface area contributed by atoms with Gasteiger partial charge in [0.25, 0.3) is 0 Å². The molecule has 3 N–H and O–H groups in total. The lowest BCUT2D eigenvalue weighted by atomic mass is 9.99. The molecular weight excluding hydrogens is 252 g/mol. The first-order chi connectivity index (χ1) is 7.67. The van der Waals surface area contributed by atoms with Crippen molar-refractivity contribution in [3.05, 3.63) is 0 Å². The lowest BCUT2D eigenvalue weighted by molar-refractivity contribution is -0.144. The summed E-state index contributed by atoms with van der Waals surface area (Å²) in [6.07, 6.45) is -2.41. The van der Waals surface area contributed by atoms with Gasteiger partial charge in [0.2, 0.25) is 0 Å². The van der Waals surface area contributed by atoms with Crippen LogP contribution in [0.25, 0.3) is 0 Å². The summed E-state index contributed by atoms with van der Waals surface area (Å²) in [7, 11) is 0. The summed E-state index contributed by atoms with van der Waals surface area (Å²) in [5, 5.41) is 23.5. The first-order valence-corrected chi connectivity index (χ1v) is 6.64. The molecule has 0 aromatic rings. The molecule has 1 fully saturated rings. The molecule has 92 valence electrons. The maximum atomic E-state index is 9.90. The van der Waals surface area contributed by atoms with Crippen LogP contribution in [0.5, 0.6) is 0 Å². The predicted octanol–water partition coefficient (Wildman–Crippen LogP) is -0.247. The van der Waals surface area contributed by atoms with Gasteiger partial charge < -0.3 is 20.3 Å². The minimum Gasteiger partial charge on any atom is -0.388 e. The van der Waals surface area contributed by atoms with Gasteiger partial charge in [-0.1, -0.05) is 11.8 Å². The Morgan fingerprint density at radius 2 is 2.25 bits per heavy atom. The minimum absolute atomic E-state index is 0.165. The molecule has 5 nitrogen and oxygen atoms in total. The zero-order chi connectivity index (χ0) is 11.7. The number of nitrogens with one attached hydrogen (secondary N) is 1. The van der Waals surface area contributed by atoms with Crippen molar-refractivity contribution in [2.45, 2.75) is 36.7 Å². The standard InChI is InChI=1S/C9H15ClN2O3S/c1-2-11-9-12-5-7(14)6(13)4(3-10)15-8(5)16-9/h4-8,13-14H,2-3H2,1H3,(H,11,12)/t4-,5-,6-,7-,8-/m1/s1. The maximum absolute atomic E-state index is 9.90. The van der Waals surface area contributed by atoms with Gasteiger partial charge in [-0.15, -0.1) is 11.6 Å². The first-order valence-electron chi connectivity index (χ1n) is 5.23. The summed E-state index contributed by atoms with van der Waals surface area (Å²) >= 11 is 7.10. The molecule has 0 amide bonds. The molecule has 0 aromatic carbocycles. The van der Waals surface area contributed by atoms with Crippen molar-refractivity contribution in [2.24, 2.45) is 4.99 Å². The van der Waals surface area contributed by atoms with E-state index in [1.807, 2.05) is 6.92 Å². The number of aliphatic imine (C=N–C) groups is 1. The molecule has 2 heterocycles. The van der Waals surface area contributed by atoms with Gasteiger partial charge in [-0.2, -0.15) is 0 Å². The fourth-order valence-electron chi connectivity index (χ4n) is 1.79. The number of amidine groups is 1. The number of thioether (sulfide) groups is 1. The summed E-state index contributed by atoms with van der Waals surface area (Å²) in [6.45, 7) is 2.74. The Labute approximate surface area is 103 Å². The molecule has 2 rings (SSSR count).